The van der Waals surface area contributed by atoms with E-state index >= 15 is 0 Å². The van der Waals surface area contributed by atoms with Crippen molar-refractivity contribution in [2.75, 3.05) is 39.8 Å². The zero-order valence-electron chi connectivity index (χ0n) is 16.9. The van der Waals surface area contributed by atoms with Crippen molar-refractivity contribution in [3.8, 4) is 0 Å². The molecule has 0 spiro atoms. The minimum atomic E-state index is -4.14. The summed E-state index contributed by atoms with van der Waals surface area (Å²) in [5, 5.41) is 3.41. The highest BCUT2D eigenvalue weighted by Crippen LogP contribution is 2.21. The maximum absolute atomic E-state index is 12.7. The molecule has 1 N–H and O–H groups in total. The molecule has 0 aliphatic carbocycles. The zero-order chi connectivity index (χ0) is 19.9. The monoisotopic (exact) mass is 512 g/mol. The van der Waals surface area contributed by atoms with E-state index in [-0.39, 0.29) is 29.9 Å². The first-order valence-electron chi connectivity index (χ1n) is 9.67. The van der Waals surface area contributed by atoms with E-state index < -0.39 is 12.7 Å². The Kier molecular flexibility index (Phi) is 10.6. The average molecular weight is 512 g/mol. The van der Waals surface area contributed by atoms with Crippen LogP contribution in [0.25, 0.3) is 0 Å². The molecule has 0 radical (unpaired) electrons. The lowest BCUT2D eigenvalue weighted by molar-refractivity contribution is -0.146. The first-order valence-corrected chi connectivity index (χ1v) is 9.67. The molecule has 1 heterocycles. The number of nitrogens with one attached hydrogen (secondary N) is 1. The minimum absolute atomic E-state index is 0. The van der Waals surface area contributed by atoms with Crippen molar-refractivity contribution in [1.82, 2.24) is 15.1 Å². The molecule has 1 unspecified atom stereocenters. The third-order valence-corrected chi connectivity index (χ3v) is 5.10. The second-order valence-electron chi connectivity index (χ2n) is 7.07. The van der Waals surface area contributed by atoms with Crippen LogP contribution in [0, 0.1) is 5.92 Å². The predicted molar refractivity (Wildman–Crippen MR) is 119 cm³/mol. The molecule has 8 heteroatoms. The molecule has 160 valence electrons. The molecule has 0 bridgehead atoms. The van der Waals surface area contributed by atoms with Crippen LogP contribution in [0.3, 0.4) is 0 Å². The van der Waals surface area contributed by atoms with Crippen LogP contribution in [0.4, 0.5) is 13.2 Å². The first kappa shape index (κ1) is 25.0. The number of alkyl halides is 3. The summed E-state index contributed by atoms with van der Waals surface area (Å²) in [4.78, 5) is 8.01. The molecular formula is C20H32F3IN4. The Bertz CT molecular complexity index is 622. The Labute approximate surface area is 183 Å². The largest absolute Gasteiger partial charge is 0.401 e. The lowest BCUT2D eigenvalue weighted by Crippen LogP contribution is -2.41. The fourth-order valence-electron chi connectivity index (χ4n) is 3.68. The highest BCUT2D eigenvalue weighted by molar-refractivity contribution is 14.0. The molecule has 1 fully saturated rings. The van der Waals surface area contributed by atoms with E-state index in [4.69, 9.17) is 0 Å². The van der Waals surface area contributed by atoms with Crippen molar-refractivity contribution in [2.45, 2.75) is 39.4 Å². The molecule has 1 saturated heterocycles. The van der Waals surface area contributed by atoms with Gasteiger partial charge in [-0.3, -0.25) is 9.89 Å². The van der Waals surface area contributed by atoms with Crippen LogP contribution in [0.5, 0.6) is 0 Å². The van der Waals surface area contributed by atoms with E-state index in [2.05, 4.69) is 34.3 Å². The molecule has 4 nitrogen and oxygen atoms in total. The highest BCUT2D eigenvalue weighted by atomic mass is 127. The highest BCUT2D eigenvalue weighted by Gasteiger charge is 2.33. The average Bonchev–Trinajstić information content (AvgIpc) is 3.09. The number of halogens is 4. The topological polar surface area (TPSA) is 30.9 Å². The molecule has 1 aromatic rings. The van der Waals surface area contributed by atoms with E-state index in [0.29, 0.717) is 19.6 Å². The van der Waals surface area contributed by atoms with Gasteiger partial charge in [0.1, 0.15) is 0 Å². The van der Waals surface area contributed by atoms with Crippen molar-refractivity contribution in [3.63, 3.8) is 0 Å². The van der Waals surface area contributed by atoms with Gasteiger partial charge in [-0.1, -0.05) is 38.1 Å². The fourth-order valence-corrected chi connectivity index (χ4v) is 3.68. The van der Waals surface area contributed by atoms with Gasteiger partial charge in [-0.25, -0.2) is 0 Å². The standard InChI is InChI=1S/C20H31F3N4.HI/c1-4-17-8-6-7-9-18(17)12-25-19(24-3)27-11-10-16(14-27)13-26(5-2)15-20(21,22)23;/h6-9,16H,4-5,10-15H2,1-3H3,(H,24,25);1H. The van der Waals surface area contributed by atoms with Crippen molar-refractivity contribution >= 4 is 29.9 Å². The Balaban J connectivity index is 0.00000392. The Morgan fingerprint density at radius 3 is 2.50 bits per heavy atom. The van der Waals surface area contributed by atoms with Crippen LogP contribution in [-0.4, -0.2) is 61.7 Å². The van der Waals surface area contributed by atoms with Gasteiger partial charge >= 0.3 is 6.18 Å². The van der Waals surface area contributed by atoms with Gasteiger partial charge in [0.15, 0.2) is 5.96 Å². The quantitative estimate of drug-likeness (QED) is 0.339. The summed E-state index contributed by atoms with van der Waals surface area (Å²) in [6, 6.07) is 8.32. The maximum atomic E-state index is 12.7. The molecule has 1 aliphatic rings. The summed E-state index contributed by atoms with van der Waals surface area (Å²) in [6.07, 6.45) is -2.27. The van der Waals surface area contributed by atoms with E-state index in [0.717, 1.165) is 31.9 Å². The zero-order valence-corrected chi connectivity index (χ0v) is 19.3. The Morgan fingerprint density at radius 1 is 1.25 bits per heavy atom. The van der Waals surface area contributed by atoms with E-state index in [9.17, 15) is 13.2 Å². The smallest absolute Gasteiger partial charge is 0.352 e. The number of hydrogen-bond acceptors (Lipinski definition) is 2. The number of aliphatic imine (C=N–C) groups is 1. The fraction of sp³-hybridized carbons (Fsp3) is 0.650. The predicted octanol–water partition coefficient (Wildman–Crippen LogP) is 4.15. The second kappa shape index (κ2) is 11.8. The summed E-state index contributed by atoms with van der Waals surface area (Å²) in [7, 11) is 1.75. The van der Waals surface area contributed by atoms with Gasteiger partial charge in [0, 0.05) is 33.2 Å². The molecule has 0 amide bonds. The molecule has 0 saturated carbocycles. The number of rotatable bonds is 7. The third-order valence-electron chi connectivity index (χ3n) is 5.10. The van der Waals surface area contributed by atoms with Gasteiger partial charge in [-0.2, -0.15) is 13.2 Å². The lowest BCUT2D eigenvalue weighted by atomic mass is 10.1. The third kappa shape index (κ3) is 7.77. The van der Waals surface area contributed by atoms with E-state index in [1.807, 2.05) is 12.1 Å². The van der Waals surface area contributed by atoms with Gasteiger partial charge in [0.25, 0.3) is 0 Å². The maximum Gasteiger partial charge on any atom is 0.401 e. The van der Waals surface area contributed by atoms with Crippen LogP contribution in [0.1, 0.15) is 31.4 Å². The van der Waals surface area contributed by atoms with Crippen molar-refractivity contribution in [1.29, 1.82) is 0 Å². The molecule has 1 atom stereocenters. The van der Waals surface area contributed by atoms with Gasteiger partial charge in [-0.05, 0) is 36.4 Å². The number of guanidine groups is 1. The molecule has 2 rings (SSSR count). The Morgan fingerprint density at radius 2 is 1.93 bits per heavy atom. The summed E-state index contributed by atoms with van der Waals surface area (Å²) in [5.74, 6) is 1.05. The lowest BCUT2D eigenvalue weighted by Gasteiger charge is -2.26. The van der Waals surface area contributed by atoms with E-state index in [1.165, 1.54) is 16.0 Å². The van der Waals surface area contributed by atoms with Gasteiger partial charge in [-0.15, -0.1) is 24.0 Å². The normalized spacial score (nSPS) is 17.8. The molecule has 1 aliphatic heterocycles. The van der Waals surface area contributed by atoms with E-state index in [1.54, 1.807) is 14.0 Å². The van der Waals surface area contributed by atoms with Crippen LogP contribution in [0.15, 0.2) is 29.3 Å². The number of likely N-dealkylation sites (tertiary alicyclic amines) is 1. The molecule has 28 heavy (non-hydrogen) atoms. The first-order chi connectivity index (χ1) is 12.9. The van der Waals surface area contributed by atoms with Crippen molar-refractivity contribution in [2.24, 2.45) is 10.9 Å². The number of hydrogen-bond donors (Lipinski definition) is 1. The molecule has 0 aromatic heterocycles. The number of benzene rings is 1. The van der Waals surface area contributed by atoms with Crippen LogP contribution >= 0.6 is 24.0 Å². The Hall–Kier alpha value is -1.03. The minimum Gasteiger partial charge on any atom is -0.352 e. The number of nitrogens with zero attached hydrogens (tertiary/aromatic N) is 3. The summed E-state index contributed by atoms with van der Waals surface area (Å²) in [5.41, 5.74) is 2.56. The SMILES string of the molecule is CCc1ccccc1CNC(=NC)N1CCC(CN(CC)CC(F)(F)F)C1.I. The van der Waals surface area contributed by atoms with Crippen molar-refractivity contribution < 1.29 is 13.2 Å². The summed E-state index contributed by atoms with van der Waals surface area (Å²) < 4.78 is 38.0. The van der Waals surface area contributed by atoms with Gasteiger partial charge < -0.3 is 10.2 Å². The van der Waals surface area contributed by atoms with Gasteiger partial charge in [0.2, 0.25) is 0 Å². The van der Waals surface area contributed by atoms with Crippen molar-refractivity contribution in [3.05, 3.63) is 35.4 Å². The molecular weight excluding hydrogens is 480 g/mol. The summed E-state index contributed by atoms with van der Waals surface area (Å²) >= 11 is 0. The van der Waals surface area contributed by atoms with Crippen LogP contribution in [-0.2, 0) is 13.0 Å². The second-order valence-corrected chi connectivity index (χ2v) is 7.07. The molecule has 1 aromatic carbocycles. The van der Waals surface area contributed by atoms with Crippen LogP contribution in [0.2, 0.25) is 0 Å². The summed E-state index contributed by atoms with van der Waals surface area (Å²) in [6.45, 7) is 6.24. The number of aryl methyl sites for hydroxylation is 1. The van der Waals surface area contributed by atoms with Crippen LogP contribution < -0.4 is 5.32 Å². The van der Waals surface area contributed by atoms with Gasteiger partial charge in [0.05, 0.1) is 6.54 Å².